The first-order chi connectivity index (χ1) is 11.0. The molecule has 0 spiro atoms. The van der Waals surface area contributed by atoms with Gasteiger partial charge in [-0.1, -0.05) is 6.07 Å². The molecule has 0 atom stereocenters. The summed E-state index contributed by atoms with van der Waals surface area (Å²) in [4.78, 5) is 19.1. The molecule has 2 aliphatic rings. The Labute approximate surface area is 132 Å². The van der Waals surface area contributed by atoms with Gasteiger partial charge in [0.2, 0.25) is 18.8 Å². The Morgan fingerprint density at radius 3 is 2.57 bits per heavy atom. The maximum absolute atomic E-state index is 13.8. The summed E-state index contributed by atoms with van der Waals surface area (Å²) in [6, 6.07) is 5.69. The summed E-state index contributed by atoms with van der Waals surface area (Å²) in [7, 11) is 0. The normalized spacial score (nSPS) is 16.3. The van der Waals surface area contributed by atoms with Gasteiger partial charge >= 0.3 is 0 Å². The van der Waals surface area contributed by atoms with Gasteiger partial charge in [0.1, 0.15) is 0 Å². The molecule has 0 aliphatic carbocycles. The van der Waals surface area contributed by atoms with Crippen LogP contribution in [0.5, 0.6) is 0 Å². The number of guanidine groups is 1. The van der Waals surface area contributed by atoms with Crippen molar-refractivity contribution in [2.75, 3.05) is 18.4 Å². The molecular weight excluding hydrogens is 307 g/mol. The highest BCUT2D eigenvalue weighted by Crippen LogP contribution is 2.27. The lowest BCUT2D eigenvalue weighted by atomic mass is 10.1. The van der Waals surface area contributed by atoms with Crippen LogP contribution in [-0.2, 0) is 4.79 Å². The van der Waals surface area contributed by atoms with E-state index in [9.17, 15) is 18.0 Å². The second-order valence-corrected chi connectivity index (χ2v) is 4.91. The van der Waals surface area contributed by atoms with E-state index >= 15 is 0 Å². The van der Waals surface area contributed by atoms with Gasteiger partial charge in [0.25, 0.3) is 5.91 Å². The van der Waals surface area contributed by atoms with Crippen LogP contribution in [0.1, 0.15) is 11.1 Å². The minimum atomic E-state index is -1.75. The zero-order valence-corrected chi connectivity index (χ0v) is 12.8. The largest absolute Gasteiger partial charge is 0.269 e. The molecule has 2 heterocycles. The number of amides is 1. The summed E-state index contributed by atoms with van der Waals surface area (Å²) >= 11 is 0. The molecule has 7 heteroatoms. The van der Waals surface area contributed by atoms with Crippen molar-refractivity contribution < 1.29 is 18.0 Å². The maximum Gasteiger partial charge on any atom is 0.262 e. The lowest BCUT2D eigenvalue weighted by Crippen LogP contribution is -2.49. The molecule has 1 aromatic carbocycles. The van der Waals surface area contributed by atoms with Crippen molar-refractivity contribution in [3.63, 3.8) is 0 Å². The van der Waals surface area contributed by atoms with E-state index in [-0.39, 0.29) is 0 Å². The summed E-state index contributed by atoms with van der Waals surface area (Å²) in [6.07, 6.45) is 4.31. The fraction of sp³-hybridized carbons (Fsp3) is 0.250. The fourth-order valence-electron chi connectivity index (χ4n) is 2.22. The van der Waals surface area contributed by atoms with E-state index in [4.69, 9.17) is 0 Å². The number of aryl methyl sites for hydroxylation is 2. The molecule has 122 valence electrons. The molecule has 23 heavy (non-hydrogen) atoms. The Kier molecular flexibility index (Phi) is 5.20. The number of nitrogens with zero attached hydrogens (tertiary/aromatic N) is 3. The van der Waals surface area contributed by atoms with Crippen molar-refractivity contribution >= 4 is 17.6 Å². The number of fused-ring (bicyclic) bond motifs is 1. The number of alkyl halides is 2. The first kappa shape index (κ1) is 16.8. The molecule has 0 saturated heterocycles. The van der Waals surface area contributed by atoms with Crippen molar-refractivity contribution in [2.24, 2.45) is 4.99 Å². The molecule has 1 amide bonds. The quantitative estimate of drug-likeness (QED) is 0.741. The second-order valence-electron chi connectivity index (χ2n) is 4.91. The van der Waals surface area contributed by atoms with Gasteiger partial charge in [-0.05, 0) is 43.2 Å². The van der Waals surface area contributed by atoms with Gasteiger partial charge in [-0.15, -0.1) is 0 Å². The van der Waals surface area contributed by atoms with Crippen LogP contribution in [0, 0.1) is 13.8 Å². The Bertz CT molecular complexity index is 698. The van der Waals surface area contributed by atoms with E-state index in [1.54, 1.807) is 12.3 Å². The SMILES string of the molecule is Cc1ccc(N2C(=O)C=C(F)N3C=CCN=C32)cc1C.FCF. The summed E-state index contributed by atoms with van der Waals surface area (Å²) < 4.78 is 33.1. The fourth-order valence-corrected chi connectivity index (χ4v) is 2.22. The molecule has 4 nitrogen and oxygen atoms in total. The number of hydrogen-bond donors (Lipinski definition) is 0. The molecule has 0 N–H and O–H groups in total. The Morgan fingerprint density at radius 1 is 1.22 bits per heavy atom. The predicted octanol–water partition coefficient (Wildman–Crippen LogP) is 3.53. The third-order valence-corrected chi connectivity index (χ3v) is 3.45. The average Bonchev–Trinajstić information content (AvgIpc) is 2.51. The third kappa shape index (κ3) is 3.44. The van der Waals surface area contributed by atoms with Crippen LogP contribution in [0.4, 0.5) is 18.9 Å². The monoisotopic (exact) mass is 323 g/mol. The number of aliphatic imine (C=N–C) groups is 1. The van der Waals surface area contributed by atoms with Crippen molar-refractivity contribution in [1.29, 1.82) is 0 Å². The lowest BCUT2D eigenvalue weighted by Gasteiger charge is -2.34. The van der Waals surface area contributed by atoms with Crippen LogP contribution < -0.4 is 4.90 Å². The molecule has 0 unspecified atom stereocenters. The minimum Gasteiger partial charge on any atom is -0.269 e. The highest BCUT2D eigenvalue weighted by atomic mass is 19.3. The molecule has 0 aromatic heterocycles. The number of halogens is 3. The van der Waals surface area contributed by atoms with E-state index in [2.05, 4.69) is 4.99 Å². The summed E-state index contributed by atoms with van der Waals surface area (Å²) in [5.74, 6) is -0.721. The third-order valence-electron chi connectivity index (χ3n) is 3.45. The number of anilines is 1. The molecule has 0 fully saturated rings. The van der Waals surface area contributed by atoms with Crippen molar-refractivity contribution in [3.8, 4) is 0 Å². The number of carbonyl (C=O) groups is 1. The first-order valence-corrected chi connectivity index (χ1v) is 6.90. The van der Waals surface area contributed by atoms with Crippen molar-refractivity contribution in [3.05, 3.63) is 53.6 Å². The average molecular weight is 323 g/mol. The number of benzene rings is 1. The molecule has 3 rings (SSSR count). The van der Waals surface area contributed by atoms with E-state index in [1.165, 1.54) is 9.80 Å². The van der Waals surface area contributed by atoms with E-state index in [0.29, 0.717) is 18.2 Å². The highest BCUT2D eigenvalue weighted by molar-refractivity contribution is 6.22. The van der Waals surface area contributed by atoms with E-state index < -0.39 is 18.8 Å². The highest BCUT2D eigenvalue weighted by Gasteiger charge is 2.32. The zero-order chi connectivity index (χ0) is 17.0. The summed E-state index contributed by atoms with van der Waals surface area (Å²) in [6.45, 7) is 2.67. The van der Waals surface area contributed by atoms with Gasteiger partial charge in [0.15, 0.2) is 0 Å². The van der Waals surface area contributed by atoms with Crippen LogP contribution in [0.2, 0.25) is 0 Å². The molecular formula is C16H16F3N3O. The standard InChI is InChI=1S/C15H14FN3O.CH2F2/c1-10-4-5-12(8-11(10)2)19-14(20)9-13(16)18-7-3-6-17-15(18)19;2-1-3/h3-5,7-9H,6H2,1-2H3;1H2. The van der Waals surface area contributed by atoms with Gasteiger partial charge in [-0.3, -0.25) is 9.69 Å². The lowest BCUT2D eigenvalue weighted by molar-refractivity contribution is -0.113. The van der Waals surface area contributed by atoms with Gasteiger partial charge < -0.3 is 0 Å². The molecule has 0 bridgehead atoms. The number of rotatable bonds is 1. The van der Waals surface area contributed by atoms with Gasteiger partial charge in [0, 0.05) is 6.20 Å². The Hall–Kier alpha value is -2.57. The minimum absolute atomic E-state index is 0.306. The second kappa shape index (κ2) is 7.13. The molecule has 1 aromatic rings. The molecule has 0 radical (unpaired) electrons. The van der Waals surface area contributed by atoms with Gasteiger partial charge in [-0.25, -0.2) is 18.7 Å². The first-order valence-electron chi connectivity index (χ1n) is 6.90. The van der Waals surface area contributed by atoms with E-state index in [1.807, 2.05) is 32.0 Å². The van der Waals surface area contributed by atoms with Gasteiger partial charge in [0.05, 0.1) is 18.3 Å². The van der Waals surface area contributed by atoms with Crippen molar-refractivity contribution in [1.82, 2.24) is 4.90 Å². The van der Waals surface area contributed by atoms with Crippen LogP contribution in [-0.4, -0.2) is 30.2 Å². The van der Waals surface area contributed by atoms with E-state index in [0.717, 1.165) is 17.2 Å². The Morgan fingerprint density at radius 2 is 1.91 bits per heavy atom. The van der Waals surface area contributed by atoms with Crippen LogP contribution >= 0.6 is 0 Å². The Balaban J connectivity index is 0.000000595. The van der Waals surface area contributed by atoms with Crippen LogP contribution in [0.15, 0.2) is 47.5 Å². The number of carbonyl (C=O) groups excluding carboxylic acids is 1. The smallest absolute Gasteiger partial charge is 0.262 e. The number of hydrogen-bond acceptors (Lipinski definition) is 3. The summed E-state index contributed by atoms with van der Waals surface area (Å²) in [5.41, 5.74) is 2.91. The maximum atomic E-state index is 13.8. The van der Waals surface area contributed by atoms with Crippen LogP contribution in [0.3, 0.4) is 0 Å². The van der Waals surface area contributed by atoms with Crippen molar-refractivity contribution in [2.45, 2.75) is 13.8 Å². The summed E-state index contributed by atoms with van der Waals surface area (Å²) in [5, 5.41) is 0. The zero-order valence-electron chi connectivity index (χ0n) is 12.8. The van der Waals surface area contributed by atoms with Crippen LogP contribution in [0.25, 0.3) is 0 Å². The predicted molar refractivity (Wildman–Crippen MR) is 83.0 cm³/mol. The molecule has 2 aliphatic heterocycles. The topological polar surface area (TPSA) is 35.9 Å². The van der Waals surface area contributed by atoms with Gasteiger partial charge in [-0.2, -0.15) is 4.39 Å². The molecule has 0 saturated carbocycles.